The van der Waals surface area contributed by atoms with Crippen LogP contribution in [0.1, 0.15) is 16.7 Å². The molecule has 0 saturated carbocycles. The zero-order valence-electron chi connectivity index (χ0n) is 17.1. The predicted octanol–water partition coefficient (Wildman–Crippen LogP) is 6.30. The number of ether oxygens (including phenoxy) is 2. The van der Waals surface area contributed by atoms with Crippen molar-refractivity contribution < 1.29 is 27.6 Å². The number of halogens is 4. The van der Waals surface area contributed by atoms with Gasteiger partial charge in [-0.3, -0.25) is 15.5 Å². The van der Waals surface area contributed by atoms with Gasteiger partial charge < -0.3 is 9.47 Å². The minimum absolute atomic E-state index is 0.204. The number of nitro groups is 1. The van der Waals surface area contributed by atoms with Gasteiger partial charge >= 0.3 is 6.18 Å². The second kappa shape index (κ2) is 10.2. The third-order valence-electron chi connectivity index (χ3n) is 4.40. The van der Waals surface area contributed by atoms with Crippen LogP contribution >= 0.6 is 11.6 Å². The Bertz CT molecular complexity index is 1170. The molecule has 0 atom stereocenters. The molecule has 0 unspecified atom stereocenters. The molecule has 3 rings (SSSR count). The van der Waals surface area contributed by atoms with Crippen molar-refractivity contribution in [3.8, 4) is 11.5 Å². The van der Waals surface area contributed by atoms with Crippen molar-refractivity contribution >= 4 is 29.2 Å². The van der Waals surface area contributed by atoms with Crippen LogP contribution in [0.15, 0.2) is 65.8 Å². The molecule has 0 amide bonds. The van der Waals surface area contributed by atoms with E-state index in [1.165, 1.54) is 19.4 Å². The average Bonchev–Trinajstić information content (AvgIpc) is 2.78. The number of nitrogens with zero attached hydrogens (tertiary/aromatic N) is 2. The van der Waals surface area contributed by atoms with Gasteiger partial charge in [-0.25, -0.2) is 0 Å². The molecular weight excluding hydrogens is 463 g/mol. The Hall–Kier alpha value is -3.79. The summed E-state index contributed by atoms with van der Waals surface area (Å²) in [5.41, 5.74) is 1.68. The van der Waals surface area contributed by atoms with Crippen molar-refractivity contribution in [3.63, 3.8) is 0 Å². The van der Waals surface area contributed by atoms with Crippen molar-refractivity contribution in [2.75, 3.05) is 12.5 Å². The third-order valence-corrected chi connectivity index (χ3v) is 4.68. The number of anilines is 1. The molecule has 0 fully saturated rings. The first-order chi connectivity index (χ1) is 15.7. The maximum absolute atomic E-state index is 12.8. The zero-order chi connectivity index (χ0) is 24.0. The molecule has 0 radical (unpaired) electrons. The molecule has 0 aliphatic heterocycles. The van der Waals surface area contributed by atoms with Gasteiger partial charge in [0.05, 0.1) is 28.8 Å². The Kier molecular flexibility index (Phi) is 7.39. The van der Waals surface area contributed by atoms with Crippen LogP contribution < -0.4 is 14.9 Å². The molecule has 0 heterocycles. The van der Waals surface area contributed by atoms with Gasteiger partial charge in [-0.15, -0.1) is 0 Å². The van der Waals surface area contributed by atoms with E-state index < -0.39 is 22.4 Å². The van der Waals surface area contributed by atoms with E-state index in [1.807, 2.05) is 30.3 Å². The monoisotopic (exact) mass is 479 g/mol. The highest BCUT2D eigenvalue weighted by Gasteiger charge is 2.33. The van der Waals surface area contributed by atoms with E-state index in [4.69, 9.17) is 21.1 Å². The number of nitro benzene ring substituents is 1. The van der Waals surface area contributed by atoms with E-state index in [0.29, 0.717) is 23.1 Å². The SMILES string of the molecule is COc1cc(/C=N\Nc2ccc(C(F)(F)F)cc2[N+](=O)[O-])cc(Cl)c1OCc1ccccc1. The fourth-order valence-electron chi connectivity index (χ4n) is 2.81. The van der Waals surface area contributed by atoms with Crippen LogP contribution in [0.25, 0.3) is 0 Å². The van der Waals surface area contributed by atoms with Gasteiger partial charge in [-0.1, -0.05) is 41.9 Å². The number of methoxy groups -OCH3 is 1. The highest BCUT2D eigenvalue weighted by atomic mass is 35.5. The summed E-state index contributed by atoms with van der Waals surface area (Å²) in [5, 5.41) is 15.3. The summed E-state index contributed by atoms with van der Waals surface area (Å²) in [7, 11) is 1.44. The quantitative estimate of drug-likeness (QED) is 0.233. The first-order valence-corrected chi connectivity index (χ1v) is 9.76. The first-order valence-electron chi connectivity index (χ1n) is 9.38. The van der Waals surface area contributed by atoms with Gasteiger partial charge in [0.1, 0.15) is 12.3 Å². The summed E-state index contributed by atoms with van der Waals surface area (Å²) in [6.45, 7) is 0.267. The van der Waals surface area contributed by atoms with Gasteiger partial charge in [0.15, 0.2) is 11.5 Å². The summed E-state index contributed by atoms with van der Waals surface area (Å²) in [5.74, 6) is 0.659. The van der Waals surface area contributed by atoms with Gasteiger partial charge in [0, 0.05) is 6.07 Å². The summed E-state index contributed by atoms with van der Waals surface area (Å²) < 4.78 is 49.6. The number of hydrogen-bond acceptors (Lipinski definition) is 6. The second-order valence-corrected chi connectivity index (χ2v) is 7.07. The van der Waals surface area contributed by atoms with Crippen LogP contribution in [0.5, 0.6) is 11.5 Å². The zero-order valence-corrected chi connectivity index (χ0v) is 17.9. The van der Waals surface area contributed by atoms with E-state index in [9.17, 15) is 23.3 Å². The Morgan fingerprint density at radius 2 is 1.88 bits per heavy atom. The number of benzene rings is 3. The maximum Gasteiger partial charge on any atom is 0.416 e. The van der Waals surface area contributed by atoms with Crippen molar-refractivity contribution in [2.24, 2.45) is 5.10 Å². The van der Waals surface area contributed by atoms with Gasteiger partial charge in [0.25, 0.3) is 5.69 Å². The summed E-state index contributed by atoms with van der Waals surface area (Å²) in [4.78, 5) is 10.2. The minimum atomic E-state index is -4.70. The molecule has 0 spiro atoms. The van der Waals surface area contributed by atoms with Crippen LogP contribution in [0.2, 0.25) is 5.02 Å². The van der Waals surface area contributed by atoms with Crippen molar-refractivity contribution in [2.45, 2.75) is 12.8 Å². The normalized spacial score (nSPS) is 11.4. The van der Waals surface area contributed by atoms with Crippen molar-refractivity contribution in [1.29, 1.82) is 0 Å². The molecule has 0 aliphatic rings. The fourth-order valence-corrected chi connectivity index (χ4v) is 3.09. The van der Waals surface area contributed by atoms with E-state index in [2.05, 4.69) is 10.5 Å². The molecule has 33 heavy (non-hydrogen) atoms. The number of hydrazone groups is 1. The molecule has 172 valence electrons. The topological polar surface area (TPSA) is 86.0 Å². The molecule has 0 aliphatic carbocycles. The Balaban J connectivity index is 1.77. The lowest BCUT2D eigenvalue weighted by molar-refractivity contribution is -0.384. The van der Waals surface area contributed by atoms with Gasteiger partial charge in [0.2, 0.25) is 0 Å². The predicted molar refractivity (Wildman–Crippen MR) is 118 cm³/mol. The van der Waals surface area contributed by atoms with E-state index in [0.717, 1.165) is 17.7 Å². The smallest absolute Gasteiger partial charge is 0.416 e. The molecule has 3 aromatic rings. The highest BCUT2D eigenvalue weighted by Crippen LogP contribution is 2.37. The van der Waals surface area contributed by atoms with E-state index in [1.54, 1.807) is 6.07 Å². The van der Waals surface area contributed by atoms with E-state index in [-0.39, 0.29) is 17.3 Å². The molecule has 0 aromatic heterocycles. The summed E-state index contributed by atoms with van der Waals surface area (Å²) >= 11 is 6.32. The Morgan fingerprint density at radius 3 is 2.52 bits per heavy atom. The Morgan fingerprint density at radius 1 is 1.15 bits per heavy atom. The lowest BCUT2D eigenvalue weighted by atomic mass is 10.1. The molecule has 11 heteroatoms. The van der Waals surface area contributed by atoms with Crippen LogP contribution in [0.4, 0.5) is 24.5 Å². The molecule has 0 bridgehead atoms. The number of alkyl halides is 3. The third kappa shape index (κ3) is 6.13. The molecule has 0 saturated heterocycles. The number of nitrogens with one attached hydrogen (secondary N) is 1. The molecule has 3 aromatic carbocycles. The van der Waals surface area contributed by atoms with Gasteiger partial charge in [-0.05, 0) is 35.4 Å². The van der Waals surface area contributed by atoms with Crippen LogP contribution in [-0.2, 0) is 12.8 Å². The fraction of sp³-hybridized carbons (Fsp3) is 0.136. The van der Waals surface area contributed by atoms with Crippen LogP contribution in [-0.4, -0.2) is 18.2 Å². The molecule has 1 N–H and O–H groups in total. The Labute approximate surface area is 191 Å². The number of hydrogen-bond donors (Lipinski definition) is 1. The first kappa shape index (κ1) is 23.9. The second-order valence-electron chi connectivity index (χ2n) is 6.67. The maximum atomic E-state index is 12.8. The van der Waals surface area contributed by atoms with Crippen LogP contribution in [0, 0.1) is 10.1 Å². The summed E-state index contributed by atoms with van der Waals surface area (Å²) in [6, 6.07) is 14.7. The van der Waals surface area contributed by atoms with Crippen molar-refractivity contribution in [3.05, 3.63) is 92.5 Å². The number of rotatable bonds is 8. The highest BCUT2D eigenvalue weighted by molar-refractivity contribution is 6.32. The lowest BCUT2D eigenvalue weighted by Gasteiger charge is -2.13. The molecular formula is C22H17ClF3N3O4. The largest absolute Gasteiger partial charge is 0.493 e. The van der Waals surface area contributed by atoms with Crippen LogP contribution in [0.3, 0.4) is 0 Å². The van der Waals surface area contributed by atoms with Crippen molar-refractivity contribution in [1.82, 2.24) is 0 Å². The minimum Gasteiger partial charge on any atom is -0.493 e. The van der Waals surface area contributed by atoms with E-state index >= 15 is 0 Å². The summed E-state index contributed by atoms with van der Waals surface area (Å²) in [6.07, 6.45) is -3.42. The standard InChI is InChI=1S/C22H17ClF3N3O4/c1-32-20-10-15(9-17(23)21(20)33-13-14-5-3-2-4-6-14)12-27-28-18-8-7-16(22(24,25)26)11-19(18)29(30)31/h2-12,28H,13H2,1H3/b27-12-. The molecule has 7 nitrogen and oxygen atoms in total. The average molecular weight is 480 g/mol. The van der Waals surface area contributed by atoms with Gasteiger partial charge in [-0.2, -0.15) is 18.3 Å². The lowest BCUT2D eigenvalue weighted by Crippen LogP contribution is -2.06.